The van der Waals surface area contributed by atoms with Crippen LogP contribution >= 0.6 is 0 Å². The second-order valence-corrected chi connectivity index (χ2v) is 4.24. The summed E-state index contributed by atoms with van der Waals surface area (Å²) in [5.74, 6) is -0.262. The molecule has 1 rings (SSSR count). The Morgan fingerprint density at radius 1 is 1.54 bits per heavy atom. The van der Waals surface area contributed by atoms with Crippen molar-refractivity contribution in [3.8, 4) is 0 Å². The van der Waals surface area contributed by atoms with Gasteiger partial charge in [0, 0.05) is 0 Å². The van der Waals surface area contributed by atoms with E-state index in [-0.39, 0.29) is 12.0 Å². The zero-order valence-corrected chi connectivity index (χ0v) is 8.91. The fourth-order valence-electron chi connectivity index (χ4n) is 1.49. The molecule has 0 saturated carbocycles. The highest BCUT2D eigenvalue weighted by molar-refractivity contribution is 4.80. The van der Waals surface area contributed by atoms with Crippen LogP contribution in [-0.2, 0) is 9.47 Å². The molecule has 1 fully saturated rings. The Bertz CT molecular complexity index is 168. The molecule has 1 aliphatic rings. The van der Waals surface area contributed by atoms with Crippen LogP contribution < -0.4 is 0 Å². The average Bonchev–Trinajstić information content (AvgIpc) is 2.43. The number of hydrogen-bond donors (Lipinski definition) is 1. The Kier molecular flexibility index (Phi) is 3.33. The first-order valence-corrected chi connectivity index (χ1v) is 4.96. The smallest absolute Gasteiger partial charge is 0.163 e. The summed E-state index contributed by atoms with van der Waals surface area (Å²) in [6.07, 6.45) is 0.387. The van der Waals surface area contributed by atoms with Crippen molar-refractivity contribution in [1.29, 1.82) is 0 Å². The molecule has 78 valence electrons. The Hall–Kier alpha value is -0.120. The van der Waals surface area contributed by atoms with Crippen molar-refractivity contribution in [2.24, 2.45) is 5.92 Å². The van der Waals surface area contributed by atoms with E-state index < -0.39 is 11.9 Å². The molecule has 3 atom stereocenters. The van der Waals surface area contributed by atoms with Crippen LogP contribution in [0.15, 0.2) is 0 Å². The van der Waals surface area contributed by atoms with Crippen molar-refractivity contribution in [3.63, 3.8) is 0 Å². The molecule has 3 heteroatoms. The maximum absolute atomic E-state index is 9.84. The second-order valence-electron chi connectivity index (χ2n) is 4.24. The van der Waals surface area contributed by atoms with E-state index in [0.717, 1.165) is 6.42 Å². The maximum atomic E-state index is 9.84. The molecular formula is C10H20O3. The minimum Gasteiger partial charge on any atom is -0.390 e. The van der Waals surface area contributed by atoms with Gasteiger partial charge in [0.1, 0.15) is 6.10 Å². The van der Waals surface area contributed by atoms with Crippen molar-refractivity contribution >= 4 is 0 Å². The lowest BCUT2D eigenvalue weighted by Crippen LogP contribution is -2.35. The maximum Gasteiger partial charge on any atom is 0.163 e. The van der Waals surface area contributed by atoms with Crippen LogP contribution in [-0.4, -0.2) is 29.7 Å². The van der Waals surface area contributed by atoms with Gasteiger partial charge in [0.05, 0.1) is 12.7 Å². The van der Waals surface area contributed by atoms with Gasteiger partial charge in [0.2, 0.25) is 0 Å². The van der Waals surface area contributed by atoms with E-state index in [1.807, 2.05) is 20.8 Å². The SMILES string of the molecule is CCC(C)C(O)C1COC(C)(C)O1. The van der Waals surface area contributed by atoms with Crippen LogP contribution in [0, 0.1) is 5.92 Å². The first kappa shape index (κ1) is 11.0. The third-order valence-electron chi connectivity index (χ3n) is 2.64. The zero-order valence-electron chi connectivity index (χ0n) is 8.91. The largest absolute Gasteiger partial charge is 0.390 e. The highest BCUT2D eigenvalue weighted by Crippen LogP contribution is 2.27. The van der Waals surface area contributed by atoms with Gasteiger partial charge in [-0.25, -0.2) is 0 Å². The molecule has 3 nitrogen and oxygen atoms in total. The van der Waals surface area contributed by atoms with E-state index in [0.29, 0.717) is 6.61 Å². The van der Waals surface area contributed by atoms with Crippen molar-refractivity contribution < 1.29 is 14.6 Å². The lowest BCUT2D eigenvalue weighted by Gasteiger charge is -2.23. The monoisotopic (exact) mass is 188 g/mol. The first-order chi connectivity index (χ1) is 5.96. The predicted molar refractivity (Wildman–Crippen MR) is 50.4 cm³/mol. The molecule has 0 bridgehead atoms. The van der Waals surface area contributed by atoms with Crippen LogP contribution in [0.4, 0.5) is 0 Å². The fraction of sp³-hybridized carbons (Fsp3) is 1.00. The lowest BCUT2D eigenvalue weighted by atomic mass is 9.98. The Balaban J connectivity index is 2.46. The summed E-state index contributed by atoms with van der Waals surface area (Å²) < 4.78 is 10.9. The van der Waals surface area contributed by atoms with Crippen LogP contribution in [0.3, 0.4) is 0 Å². The summed E-state index contributed by atoms with van der Waals surface area (Å²) in [7, 11) is 0. The molecule has 13 heavy (non-hydrogen) atoms. The van der Waals surface area contributed by atoms with Gasteiger partial charge in [-0.1, -0.05) is 20.3 Å². The Labute approximate surface area is 80.0 Å². The average molecular weight is 188 g/mol. The van der Waals surface area contributed by atoms with Crippen molar-refractivity contribution in [1.82, 2.24) is 0 Å². The number of aliphatic hydroxyl groups excluding tert-OH is 1. The zero-order chi connectivity index (χ0) is 10.1. The molecule has 0 aromatic rings. The van der Waals surface area contributed by atoms with Gasteiger partial charge in [-0.15, -0.1) is 0 Å². The minimum absolute atomic E-state index is 0.162. The lowest BCUT2D eigenvalue weighted by molar-refractivity contribution is -0.154. The first-order valence-electron chi connectivity index (χ1n) is 4.96. The third kappa shape index (κ3) is 2.66. The molecule has 0 radical (unpaired) electrons. The molecule has 0 aliphatic carbocycles. The number of ether oxygens (including phenoxy) is 2. The molecule has 1 aliphatic heterocycles. The van der Waals surface area contributed by atoms with Crippen LogP contribution in [0.2, 0.25) is 0 Å². The van der Waals surface area contributed by atoms with Crippen molar-refractivity contribution in [3.05, 3.63) is 0 Å². The highest BCUT2D eigenvalue weighted by atomic mass is 16.7. The molecule has 1 N–H and O–H groups in total. The quantitative estimate of drug-likeness (QED) is 0.730. The summed E-state index contributed by atoms with van der Waals surface area (Å²) in [6.45, 7) is 8.33. The van der Waals surface area contributed by atoms with E-state index in [1.54, 1.807) is 0 Å². The van der Waals surface area contributed by atoms with Gasteiger partial charge in [-0.05, 0) is 19.8 Å². The molecule has 1 saturated heterocycles. The van der Waals surface area contributed by atoms with Gasteiger partial charge in [-0.2, -0.15) is 0 Å². The van der Waals surface area contributed by atoms with E-state index in [9.17, 15) is 5.11 Å². The standard InChI is InChI=1S/C10H20O3/c1-5-7(2)9(11)8-6-12-10(3,4)13-8/h7-9,11H,5-6H2,1-4H3. The molecule has 0 aromatic heterocycles. The molecule has 1 heterocycles. The number of aliphatic hydroxyl groups is 1. The van der Waals surface area contributed by atoms with Gasteiger partial charge in [0.15, 0.2) is 5.79 Å². The van der Waals surface area contributed by atoms with E-state index in [1.165, 1.54) is 0 Å². The molecule has 0 spiro atoms. The van der Waals surface area contributed by atoms with Gasteiger partial charge < -0.3 is 14.6 Å². The van der Waals surface area contributed by atoms with Crippen LogP contribution in [0.25, 0.3) is 0 Å². The van der Waals surface area contributed by atoms with Gasteiger partial charge in [-0.3, -0.25) is 0 Å². The van der Waals surface area contributed by atoms with E-state index in [4.69, 9.17) is 9.47 Å². The fourth-order valence-corrected chi connectivity index (χ4v) is 1.49. The van der Waals surface area contributed by atoms with Gasteiger partial charge >= 0.3 is 0 Å². The summed E-state index contributed by atoms with van der Waals surface area (Å²) in [4.78, 5) is 0. The molecule has 0 amide bonds. The minimum atomic E-state index is -0.529. The third-order valence-corrected chi connectivity index (χ3v) is 2.64. The second kappa shape index (κ2) is 3.95. The Morgan fingerprint density at radius 2 is 2.15 bits per heavy atom. The van der Waals surface area contributed by atoms with E-state index >= 15 is 0 Å². The van der Waals surface area contributed by atoms with Crippen LogP contribution in [0.1, 0.15) is 34.1 Å². The molecule has 3 unspecified atom stereocenters. The van der Waals surface area contributed by atoms with Crippen LogP contribution in [0.5, 0.6) is 0 Å². The summed E-state index contributed by atoms with van der Waals surface area (Å²) in [5.41, 5.74) is 0. The summed E-state index contributed by atoms with van der Waals surface area (Å²) in [6, 6.07) is 0. The normalized spacial score (nSPS) is 31.6. The topological polar surface area (TPSA) is 38.7 Å². The summed E-state index contributed by atoms with van der Waals surface area (Å²) >= 11 is 0. The predicted octanol–water partition coefficient (Wildman–Crippen LogP) is 1.54. The molecular weight excluding hydrogens is 168 g/mol. The van der Waals surface area contributed by atoms with Crippen molar-refractivity contribution in [2.45, 2.75) is 52.1 Å². The van der Waals surface area contributed by atoms with Crippen molar-refractivity contribution in [2.75, 3.05) is 6.61 Å². The Morgan fingerprint density at radius 3 is 2.54 bits per heavy atom. The molecule has 0 aromatic carbocycles. The summed E-state index contributed by atoms with van der Waals surface area (Å²) in [5, 5.41) is 9.84. The number of rotatable bonds is 3. The highest BCUT2D eigenvalue weighted by Gasteiger charge is 2.38. The van der Waals surface area contributed by atoms with E-state index in [2.05, 4.69) is 6.92 Å². The van der Waals surface area contributed by atoms with Gasteiger partial charge in [0.25, 0.3) is 0 Å². The number of hydrogen-bond acceptors (Lipinski definition) is 3.